The highest BCUT2D eigenvalue weighted by molar-refractivity contribution is 9.10. The van der Waals surface area contributed by atoms with Gasteiger partial charge in [-0.3, -0.25) is 4.79 Å². The highest BCUT2D eigenvalue weighted by Crippen LogP contribution is 2.24. The Labute approximate surface area is 120 Å². The number of carbonyl (C=O) groups is 1. The molecule has 2 rings (SSSR count). The zero-order valence-electron chi connectivity index (χ0n) is 9.90. The van der Waals surface area contributed by atoms with E-state index in [-0.39, 0.29) is 12.5 Å². The summed E-state index contributed by atoms with van der Waals surface area (Å²) < 4.78 is 0.810. The van der Waals surface area contributed by atoms with E-state index in [9.17, 15) is 4.79 Å². The number of benzene rings is 1. The second-order valence-electron chi connectivity index (χ2n) is 4.58. The Morgan fingerprint density at radius 1 is 1.50 bits per heavy atom. The van der Waals surface area contributed by atoms with Crippen LogP contribution in [0.15, 0.2) is 22.7 Å². The van der Waals surface area contributed by atoms with Crippen LogP contribution in [-0.2, 0) is 0 Å². The van der Waals surface area contributed by atoms with E-state index in [1.807, 2.05) is 4.90 Å². The molecule has 1 aromatic rings. The van der Waals surface area contributed by atoms with Crippen LogP contribution < -0.4 is 0 Å². The van der Waals surface area contributed by atoms with Gasteiger partial charge in [-0.05, 0) is 37.0 Å². The summed E-state index contributed by atoms with van der Waals surface area (Å²) >= 11 is 9.28. The quantitative estimate of drug-likeness (QED) is 0.924. The molecular weight excluding hydrogens is 318 g/mol. The van der Waals surface area contributed by atoms with Gasteiger partial charge in [0.15, 0.2) is 0 Å². The Kier molecular flexibility index (Phi) is 4.65. The van der Waals surface area contributed by atoms with E-state index in [0.29, 0.717) is 16.5 Å². The molecule has 1 fully saturated rings. The molecule has 0 saturated carbocycles. The number of aliphatic hydroxyl groups excluding tert-OH is 1. The van der Waals surface area contributed by atoms with Crippen molar-refractivity contribution in [2.75, 3.05) is 19.7 Å². The first kappa shape index (κ1) is 13.8. The van der Waals surface area contributed by atoms with Gasteiger partial charge in [-0.15, -0.1) is 0 Å². The lowest BCUT2D eigenvalue weighted by Gasteiger charge is -2.16. The van der Waals surface area contributed by atoms with Crippen molar-refractivity contribution in [3.8, 4) is 0 Å². The molecule has 0 bridgehead atoms. The number of hydrogen-bond acceptors (Lipinski definition) is 2. The fourth-order valence-corrected chi connectivity index (χ4v) is 3.16. The van der Waals surface area contributed by atoms with E-state index >= 15 is 0 Å². The maximum Gasteiger partial charge on any atom is 0.253 e. The zero-order chi connectivity index (χ0) is 13.1. The van der Waals surface area contributed by atoms with Gasteiger partial charge in [-0.25, -0.2) is 0 Å². The summed E-state index contributed by atoms with van der Waals surface area (Å²) in [5, 5.41) is 9.47. The number of nitrogens with zero attached hydrogens (tertiary/aromatic N) is 1. The van der Waals surface area contributed by atoms with Crippen molar-refractivity contribution in [2.45, 2.75) is 12.8 Å². The topological polar surface area (TPSA) is 40.5 Å². The molecule has 0 spiro atoms. The van der Waals surface area contributed by atoms with Crippen LogP contribution in [0.25, 0.3) is 0 Å². The standard InChI is InChI=1S/C13H15BrClNO2/c14-11-5-10(6-12(15)7-11)13(18)16-3-1-9(8-16)2-4-17/h5-7,9,17H,1-4,8H2. The first-order valence-corrected chi connectivity index (χ1v) is 7.13. The van der Waals surface area contributed by atoms with Gasteiger partial charge in [-0.1, -0.05) is 27.5 Å². The van der Waals surface area contributed by atoms with Crippen molar-refractivity contribution in [3.63, 3.8) is 0 Å². The van der Waals surface area contributed by atoms with Crippen molar-refractivity contribution in [2.24, 2.45) is 5.92 Å². The third-order valence-electron chi connectivity index (χ3n) is 3.22. The summed E-state index contributed by atoms with van der Waals surface area (Å²) in [7, 11) is 0. The van der Waals surface area contributed by atoms with Crippen LogP contribution in [0.1, 0.15) is 23.2 Å². The summed E-state index contributed by atoms with van der Waals surface area (Å²) in [5.41, 5.74) is 0.610. The third-order valence-corrected chi connectivity index (χ3v) is 3.90. The van der Waals surface area contributed by atoms with Gasteiger partial charge in [0.2, 0.25) is 0 Å². The summed E-state index contributed by atoms with van der Waals surface area (Å²) in [4.78, 5) is 14.1. The van der Waals surface area contributed by atoms with E-state index in [1.165, 1.54) is 0 Å². The largest absolute Gasteiger partial charge is 0.396 e. The fraction of sp³-hybridized carbons (Fsp3) is 0.462. The first-order valence-electron chi connectivity index (χ1n) is 5.96. The van der Waals surface area contributed by atoms with Crippen molar-refractivity contribution in [3.05, 3.63) is 33.3 Å². The number of hydrogen-bond donors (Lipinski definition) is 1. The fourth-order valence-electron chi connectivity index (χ4n) is 2.30. The Balaban J connectivity index is 2.08. The summed E-state index contributed by atoms with van der Waals surface area (Å²) in [6.07, 6.45) is 1.73. The van der Waals surface area contributed by atoms with Gasteiger partial charge in [0, 0.05) is 34.8 Å². The predicted octanol–water partition coefficient (Wildman–Crippen LogP) is 2.95. The monoisotopic (exact) mass is 331 g/mol. The molecule has 0 aromatic heterocycles. The van der Waals surface area contributed by atoms with Crippen LogP contribution in [-0.4, -0.2) is 35.6 Å². The Hall–Kier alpha value is -0.580. The van der Waals surface area contributed by atoms with Crippen LogP contribution in [0.2, 0.25) is 5.02 Å². The molecule has 3 nitrogen and oxygen atoms in total. The number of amides is 1. The van der Waals surface area contributed by atoms with Gasteiger partial charge in [0.1, 0.15) is 0 Å². The Morgan fingerprint density at radius 2 is 2.28 bits per heavy atom. The number of likely N-dealkylation sites (tertiary alicyclic amines) is 1. The Bertz CT molecular complexity index is 432. The third kappa shape index (κ3) is 3.25. The SMILES string of the molecule is O=C(c1cc(Cl)cc(Br)c1)N1CCC(CCO)C1. The van der Waals surface area contributed by atoms with Crippen LogP contribution in [0.3, 0.4) is 0 Å². The van der Waals surface area contributed by atoms with Crippen LogP contribution in [0.4, 0.5) is 0 Å². The minimum absolute atomic E-state index is 0.0126. The first-order chi connectivity index (χ1) is 8.60. The second kappa shape index (κ2) is 6.04. The molecule has 1 amide bonds. The number of halogens is 2. The van der Waals surface area contributed by atoms with Crippen molar-refractivity contribution in [1.82, 2.24) is 4.90 Å². The average molecular weight is 333 g/mol. The van der Waals surface area contributed by atoms with Crippen molar-refractivity contribution in [1.29, 1.82) is 0 Å². The molecule has 1 aromatic carbocycles. The number of carbonyl (C=O) groups excluding carboxylic acids is 1. The highest BCUT2D eigenvalue weighted by Gasteiger charge is 2.26. The van der Waals surface area contributed by atoms with Gasteiger partial charge in [-0.2, -0.15) is 0 Å². The van der Waals surface area contributed by atoms with Crippen LogP contribution in [0, 0.1) is 5.92 Å². The van der Waals surface area contributed by atoms with E-state index in [4.69, 9.17) is 16.7 Å². The maximum atomic E-state index is 12.3. The predicted molar refractivity (Wildman–Crippen MR) is 74.9 cm³/mol. The minimum Gasteiger partial charge on any atom is -0.396 e. The molecule has 1 aliphatic heterocycles. The number of aliphatic hydroxyl groups is 1. The smallest absolute Gasteiger partial charge is 0.253 e. The van der Waals surface area contributed by atoms with Crippen molar-refractivity contribution >= 4 is 33.4 Å². The molecule has 5 heteroatoms. The molecule has 0 aliphatic carbocycles. The van der Waals surface area contributed by atoms with Gasteiger partial charge < -0.3 is 10.0 Å². The van der Waals surface area contributed by atoms with Crippen molar-refractivity contribution < 1.29 is 9.90 Å². The van der Waals surface area contributed by atoms with E-state index < -0.39 is 0 Å². The lowest BCUT2D eigenvalue weighted by atomic mass is 10.1. The lowest BCUT2D eigenvalue weighted by molar-refractivity contribution is 0.0784. The number of rotatable bonds is 3. The molecule has 1 heterocycles. The molecule has 98 valence electrons. The Morgan fingerprint density at radius 3 is 2.94 bits per heavy atom. The molecule has 0 radical (unpaired) electrons. The summed E-state index contributed by atoms with van der Waals surface area (Å²) in [6, 6.07) is 5.23. The summed E-state index contributed by atoms with van der Waals surface area (Å²) in [6.45, 7) is 1.67. The summed E-state index contributed by atoms with van der Waals surface area (Å²) in [5.74, 6) is 0.431. The van der Waals surface area contributed by atoms with Gasteiger partial charge >= 0.3 is 0 Å². The average Bonchev–Trinajstić information content (AvgIpc) is 2.76. The van der Waals surface area contributed by atoms with Crippen LogP contribution >= 0.6 is 27.5 Å². The molecule has 1 atom stereocenters. The van der Waals surface area contributed by atoms with Gasteiger partial charge in [0.25, 0.3) is 5.91 Å². The molecule has 18 heavy (non-hydrogen) atoms. The highest BCUT2D eigenvalue weighted by atomic mass is 79.9. The molecule has 1 saturated heterocycles. The zero-order valence-corrected chi connectivity index (χ0v) is 12.2. The normalized spacial score (nSPS) is 19.3. The minimum atomic E-state index is 0.0126. The van der Waals surface area contributed by atoms with Gasteiger partial charge in [0.05, 0.1) is 0 Å². The van der Waals surface area contributed by atoms with E-state index in [2.05, 4.69) is 15.9 Å². The molecule has 1 unspecified atom stereocenters. The second-order valence-corrected chi connectivity index (χ2v) is 5.93. The maximum absolute atomic E-state index is 12.3. The molecular formula is C13H15BrClNO2. The van der Waals surface area contributed by atoms with Crippen LogP contribution in [0.5, 0.6) is 0 Å². The molecule has 1 N–H and O–H groups in total. The lowest BCUT2D eigenvalue weighted by Crippen LogP contribution is -2.28. The van der Waals surface area contributed by atoms with E-state index in [0.717, 1.165) is 30.4 Å². The molecule has 1 aliphatic rings. The van der Waals surface area contributed by atoms with E-state index in [1.54, 1.807) is 18.2 Å².